The van der Waals surface area contributed by atoms with Crippen molar-refractivity contribution < 1.29 is 0 Å². The second kappa shape index (κ2) is 3.85. The fourth-order valence-corrected chi connectivity index (χ4v) is 3.21. The summed E-state index contributed by atoms with van der Waals surface area (Å²) >= 11 is 0. The minimum absolute atomic E-state index is 0.463. The summed E-state index contributed by atoms with van der Waals surface area (Å²) in [6.07, 6.45) is 2.37. The lowest BCUT2D eigenvalue weighted by Crippen LogP contribution is -2.34. The maximum atomic E-state index is 3.66. The molecule has 0 saturated carbocycles. The van der Waals surface area contributed by atoms with Gasteiger partial charge in [0, 0.05) is 0 Å². The van der Waals surface area contributed by atoms with Gasteiger partial charge in [-0.25, -0.2) is 5.43 Å². The number of benzene rings is 2. The predicted molar refractivity (Wildman–Crippen MR) is 73.3 cm³/mol. The molecule has 1 fully saturated rings. The summed E-state index contributed by atoms with van der Waals surface area (Å²) < 4.78 is 0. The molecule has 2 nitrogen and oxygen atoms in total. The Kier molecular flexibility index (Phi) is 2.17. The third kappa shape index (κ3) is 1.46. The number of hydrogen-bond donors (Lipinski definition) is 1. The molecule has 0 aromatic heterocycles. The number of rotatable bonds is 1. The van der Waals surface area contributed by atoms with Crippen LogP contribution in [0.3, 0.4) is 0 Å². The molecule has 0 amide bonds. The Bertz CT molecular complexity index is 564. The maximum absolute atomic E-state index is 3.66. The first-order valence-corrected chi connectivity index (χ1v) is 6.60. The summed E-state index contributed by atoms with van der Waals surface area (Å²) in [5.74, 6) is 0. The van der Waals surface area contributed by atoms with Crippen LogP contribution in [0.1, 0.15) is 23.6 Å². The summed E-state index contributed by atoms with van der Waals surface area (Å²) in [5, 5.41) is 2.37. The third-order valence-corrected chi connectivity index (χ3v) is 4.08. The Morgan fingerprint density at radius 2 is 1.72 bits per heavy atom. The first-order valence-electron chi connectivity index (χ1n) is 6.60. The van der Waals surface area contributed by atoms with Gasteiger partial charge in [0.25, 0.3) is 0 Å². The zero-order valence-corrected chi connectivity index (χ0v) is 10.2. The summed E-state index contributed by atoms with van der Waals surface area (Å²) in [7, 11) is 0. The van der Waals surface area contributed by atoms with E-state index in [9.17, 15) is 0 Å². The van der Waals surface area contributed by atoms with E-state index < -0.39 is 0 Å². The number of hydrogen-bond acceptors (Lipinski definition) is 2. The van der Waals surface area contributed by atoms with Crippen molar-refractivity contribution in [2.45, 2.75) is 24.9 Å². The molecule has 90 valence electrons. The van der Waals surface area contributed by atoms with Crippen molar-refractivity contribution >= 4 is 5.69 Å². The molecule has 2 heteroatoms. The molecule has 0 spiro atoms. The minimum atomic E-state index is 0.463. The van der Waals surface area contributed by atoms with Crippen molar-refractivity contribution in [3.8, 4) is 0 Å². The van der Waals surface area contributed by atoms with Crippen molar-refractivity contribution in [1.82, 2.24) is 5.43 Å². The van der Waals surface area contributed by atoms with E-state index in [1.165, 1.54) is 29.7 Å². The SMILES string of the molecule is c1ccc([C@H]2C[C@H]3Cc4ccccc4N3N2)cc1. The van der Waals surface area contributed by atoms with Gasteiger partial charge in [0.1, 0.15) is 0 Å². The first kappa shape index (κ1) is 10.2. The molecule has 0 unspecified atom stereocenters. The lowest BCUT2D eigenvalue weighted by Gasteiger charge is -2.20. The van der Waals surface area contributed by atoms with Gasteiger partial charge < -0.3 is 5.01 Å². The van der Waals surface area contributed by atoms with Crippen LogP contribution >= 0.6 is 0 Å². The van der Waals surface area contributed by atoms with E-state index in [1.54, 1.807) is 0 Å². The molecule has 0 radical (unpaired) electrons. The molecule has 2 atom stereocenters. The summed E-state index contributed by atoms with van der Waals surface area (Å²) in [6, 6.07) is 20.5. The molecule has 0 bridgehead atoms. The first-order chi connectivity index (χ1) is 8.92. The molecular weight excluding hydrogens is 220 g/mol. The molecule has 18 heavy (non-hydrogen) atoms. The largest absolute Gasteiger partial charge is 0.304 e. The number of nitrogens with zero attached hydrogens (tertiary/aromatic N) is 1. The van der Waals surface area contributed by atoms with E-state index in [2.05, 4.69) is 65.0 Å². The lowest BCUT2D eigenvalue weighted by atomic mass is 9.99. The van der Waals surface area contributed by atoms with Crippen LogP contribution in [0.25, 0.3) is 0 Å². The molecule has 2 aliphatic rings. The Morgan fingerprint density at radius 3 is 2.61 bits per heavy atom. The fraction of sp³-hybridized carbons (Fsp3) is 0.250. The van der Waals surface area contributed by atoms with Crippen molar-refractivity contribution in [2.24, 2.45) is 0 Å². The topological polar surface area (TPSA) is 15.3 Å². The second-order valence-electron chi connectivity index (χ2n) is 5.18. The lowest BCUT2D eigenvalue weighted by molar-refractivity contribution is 0.624. The summed E-state index contributed by atoms with van der Waals surface area (Å²) in [4.78, 5) is 0. The molecule has 4 rings (SSSR count). The molecule has 1 N–H and O–H groups in total. The number of hydrazine groups is 1. The second-order valence-corrected chi connectivity index (χ2v) is 5.18. The standard InChI is InChI=1S/C16H16N2/c1-2-6-12(7-3-1)15-11-14-10-13-8-4-5-9-16(13)18(14)17-15/h1-9,14-15,17H,10-11H2/t14-,15-/m1/s1. The van der Waals surface area contributed by atoms with Crippen molar-refractivity contribution in [2.75, 3.05) is 5.01 Å². The van der Waals surface area contributed by atoms with Crippen LogP contribution in [0.2, 0.25) is 0 Å². The van der Waals surface area contributed by atoms with Gasteiger partial charge in [0.05, 0.1) is 17.8 Å². The van der Waals surface area contributed by atoms with E-state index in [0.717, 1.165) is 0 Å². The van der Waals surface area contributed by atoms with Crippen LogP contribution in [0.5, 0.6) is 0 Å². The Hall–Kier alpha value is -1.80. The highest BCUT2D eigenvalue weighted by Gasteiger charge is 2.38. The van der Waals surface area contributed by atoms with Gasteiger partial charge in [-0.1, -0.05) is 48.5 Å². The van der Waals surface area contributed by atoms with E-state index in [-0.39, 0.29) is 0 Å². The molecule has 1 saturated heterocycles. The van der Waals surface area contributed by atoms with Crippen LogP contribution in [-0.4, -0.2) is 6.04 Å². The van der Waals surface area contributed by atoms with E-state index in [4.69, 9.17) is 0 Å². The van der Waals surface area contributed by atoms with Crippen LogP contribution < -0.4 is 10.4 Å². The molecule has 2 aliphatic heterocycles. The van der Waals surface area contributed by atoms with Crippen LogP contribution in [0.15, 0.2) is 54.6 Å². The zero-order chi connectivity index (χ0) is 11.9. The maximum Gasteiger partial charge on any atom is 0.0556 e. The molecular formula is C16H16N2. The van der Waals surface area contributed by atoms with Crippen molar-refractivity contribution in [3.63, 3.8) is 0 Å². The van der Waals surface area contributed by atoms with Crippen LogP contribution in [0.4, 0.5) is 5.69 Å². The van der Waals surface area contributed by atoms with Gasteiger partial charge in [-0.3, -0.25) is 0 Å². The number of para-hydroxylation sites is 1. The van der Waals surface area contributed by atoms with Gasteiger partial charge >= 0.3 is 0 Å². The van der Waals surface area contributed by atoms with Crippen LogP contribution in [-0.2, 0) is 6.42 Å². The monoisotopic (exact) mass is 236 g/mol. The fourth-order valence-electron chi connectivity index (χ4n) is 3.21. The van der Waals surface area contributed by atoms with Gasteiger partial charge in [0.15, 0.2) is 0 Å². The normalized spacial score (nSPS) is 25.0. The molecule has 2 aromatic carbocycles. The van der Waals surface area contributed by atoms with Gasteiger partial charge in [0.2, 0.25) is 0 Å². The molecule has 2 aromatic rings. The van der Waals surface area contributed by atoms with E-state index >= 15 is 0 Å². The average Bonchev–Trinajstić information content (AvgIpc) is 2.97. The molecule has 2 heterocycles. The Morgan fingerprint density at radius 1 is 0.944 bits per heavy atom. The zero-order valence-electron chi connectivity index (χ0n) is 10.2. The summed E-state index contributed by atoms with van der Waals surface area (Å²) in [6.45, 7) is 0. The van der Waals surface area contributed by atoms with E-state index in [1.807, 2.05) is 0 Å². The Labute approximate surface area is 107 Å². The smallest absolute Gasteiger partial charge is 0.0556 e. The number of nitrogens with one attached hydrogen (secondary N) is 1. The molecule has 0 aliphatic carbocycles. The van der Waals surface area contributed by atoms with Crippen LogP contribution in [0, 0.1) is 0 Å². The highest BCUT2D eigenvalue weighted by Crippen LogP contribution is 2.39. The number of anilines is 1. The van der Waals surface area contributed by atoms with Gasteiger partial charge in [-0.2, -0.15) is 0 Å². The highest BCUT2D eigenvalue weighted by atomic mass is 15.6. The van der Waals surface area contributed by atoms with Gasteiger partial charge in [-0.05, 0) is 30.0 Å². The summed E-state index contributed by atoms with van der Waals surface area (Å²) in [5.41, 5.74) is 7.89. The minimum Gasteiger partial charge on any atom is -0.304 e. The quantitative estimate of drug-likeness (QED) is 0.818. The number of fused-ring (bicyclic) bond motifs is 3. The van der Waals surface area contributed by atoms with Gasteiger partial charge in [-0.15, -0.1) is 0 Å². The average molecular weight is 236 g/mol. The van der Waals surface area contributed by atoms with E-state index in [0.29, 0.717) is 12.1 Å². The highest BCUT2D eigenvalue weighted by molar-refractivity contribution is 5.59. The Balaban J connectivity index is 1.64. The van der Waals surface area contributed by atoms with Crippen molar-refractivity contribution in [3.05, 3.63) is 65.7 Å². The van der Waals surface area contributed by atoms with Crippen molar-refractivity contribution in [1.29, 1.82) is 0 Å². The predicted octanol–water partition coefficient (Wildman–Crippen LogP) is 3.07. The third-order valence-electron chi connectivity index (χ3n) is 4.08.